The molecule has 0 radical (unpaired) electrons. The number of ketones is 1. The van der Waals surface area contributed by atoms with Gasteiger partial charge in [0.25, 0.3) is 0 Å². The van der Waals surface area contributed by atoms with Crippen LogP contribution in [0.25, 0.3) is 10.9 Å². The Hall–Kier alpha value is -2.68. The van der Waals surface area contributed by atoms with Crippen molar-refractivity contribution in [3.63, 3.8) is 0 Å². The quantitative estimate of drug-likeness (QED) is 0.737. The van der Waals surface area contributed by atoms with Crippen LogP contribution in [0.4, 0.5) is 0 Å². The molecule has 0 bridgehead atoms. The first-order chi connectivity index (χ1) is 9.72. The smallest absolute Gasteiger partial charge is 0.185 e. The lowest BCUT2D eigenvalue weighted by molar-refractivity contribution is 0.0988. The molecule has 1 aromatic heterocycles. The van der Waals surface area contributed by atoms with E-state index in [4.69, 9.17) is 0 Å². The molecular formula is C17H13NO2. The molecule has 3 aromatic rings. The fourth-order valence-electron chi connectivity index (χ4n) is 2.11. The summed E-state index contributed by atoms with van der Waals surface area (Å²) < 4.78 is 0. The Morgan fingerprint density at radius 3 is 2.50 bits per heavy atom. The number of phenolic OH excluding ortho intramolecular Hbond substituents is 1. The molecule has 3 nitrogen and oxygen atoms in total. The molecule has 0 amide bonds. The van der Waals surface area contributed by atoms with Gasteiger partial charge in [0.05, 0.1) is 5.52 Å². The predicted molar refractivity (Wildman–Crippen MR) is 77.9 cm³/mol. The van der Waals surface area contributed by atoms with Crippen molar-refractivity contribution in [2.45, 2.75) is 6.42 Å². The van der Waals surface area contributed by atoms with Crippen molar-refractivity contribution in [1.29, 1.82) is 0 Å². The van der Waals surface area contributed by atoms with Gasteiger partial charge in [-0.3, -0.25) is 4.79 Å². The molecule has 2 aromatic carbocycles. The Morgan fingerprint density at radius 1 is 0.950 bits per heavy atom. The monoisotopic (exact) mass is 263 g/mol. The summed E-state index contributed by atoms with van der Waals surface area (Å²) in [6, 6.07) is 18.0. The largest absolute Gasteiger partial charge is 0.508 e. The molecule has 20 heavy (non-hydrogen) atoms. The number of para-hydroxylation sites is 1. The summed E-state index contributed by atoms with van der Waals surface area (Å²) >= 11 is 0. The normalized spacial score (nSPS) is 10.6. The molecule has 0 saturated heterocycles. The van der Waals surface area contributed by atoms with E-state index in [2.05, 4.69) is 4.98 Å². The molecule has 0 atom stereocenters. The van der Waals surface area contributed by atoms with Crippen LogP contribution < -0.4 is 0 Å². The van der Waals surface area contributed by atoms with Gasteiger partial charge in [-0.15, -0.1) is 0 Å². The first-order valence-electron chi connectivity index (χ1n) is 6.39. The van der Waals surface area contributed by atoms with Crippen molar-refractivity contribution in [2.75, 3.05) is 0 Å². The fourth-order valence-corrected chi connectivity index (χ4v) is 2.11. The van der Waals surface area contributed by atoms with Crippen molar-refractivity contribution < 1.29 is 9.90 Å². The number of phenols is 1. The average Bonchev–Trinajstić information content (AvgIpc) is 2.49. The molecule has 98 valence electrons. The number of benzene rings is 2. The summed E-state index contributed by atoms with van der Waals surface area (Å²) in [6.45, 7) is 0. The van der Waals surface area contributed by atoms with Crippen molar-refractivity contribution in [3.05, 3.63) is 71.9 Å². The molecule has 3 heteroatoms. The van der Waals surface area contributed by atoms with Crippen molar-refractivity contribution in [1.82, 2.24) is 4.98 Å². The lowest BCUT2D eigenvalue weighted by Gasteiger charge is -2.03. The minimum Gasteiger partial charge on any atom is -0.508 e. The van der Waals surface area contributed by atoms with Crippen LogP contribution in [0.2, 0.25) is 0 Å². The Balaban J connectivity index is 1.86. The highest BCUT2D eigenvalue weighted by molar-refractivity contribution is 5.97. The number of carbonyl (C=O) groups excluding carboxylic acids is 1. The van der Waals surface area contributed by atoms with Gasteiger partial charge < -0.3 is 5.11 Å². The number of Topliss-reactive ketones (excluding diaryl/α,β-unsaturated/α-hetero) is 1. The lowest BCUT2D eigenvalue weighted by Crippen LogP contribution is -2.05. The summed E-state index contributed by atoms with van der Waals surface area (Å²) in [6.07, 6.45) is 0.283. The molecule has 0 fully saturated rings. The maximum atomic E-state index is 12.2. The molecule has 0 saturated carbocycles. The molecule has 0 spiro atoms. The maximum Gasteiger partial charge on any atom is 0.185 e. The summed E-state index contributed by atoms with van der Waals surface area (Å²) in [5.41, 5.74) is 2.16. The van der Waals surface area contributed by atoms with Gasteiger partial charge in [0.2, 0.25) is 0 Å². The van der Waals surface area contributed by atoms with Crippen LogP contribution in [0, 0.1) is 0 Å². The highest BCUT2D eigenvalue weighted by Gasteiger charge is 2.09. The third-order valence-electron chi connectivity index (χ3n) is 3.19. The predicted octanol–water partition coefficient (Wildman–Crippen LogP) is 3.37. The molecule has 0 aliphatic heterocycles. The van der Waals surface area contributed by atoms with Gasteiger partial charge in [0, 0.05) is 11.8 Å². The third-order valence-corrected chi connectivity index (χ3v) is 3.19. The summed E-state index contributed by atoms with van der Waals surface area (Å²) in [5, 5.41) is 10.3. The van der Waals surface area contributed by atoms with E-state index in [0.717, 1.165) is 16.5 Å². The van der Waals surface area contributed by atoms with Gasteiger partial charge in [-0.25, -0.2) is 4.98 Å². The van der Waals surface area contributed by atoms with Crippen LogP contribution in [-0.2, 0) is 6.42 Å². The third kappa shape index (κ3) is 2.52. The molecule has 1 heterocycles. The van der Waals surface area contributed by atoms with Gasteiger partial charge in [0.1, 0.15) is 11.4 Å². The van der Waals surface area contributed by atoms with Crippen molar-refractivity contribution in [2.24, 2.45) is 0 Å². The molecule has 3 rings (SSSR count). The number of nitrogens with zero attached hydrogens (tertiary/aromatic N) is 1. The number of pyridine rings is 1. The van der Waals surface area contributed by atoms with Crippen LogP contribution in [0.1, 0.15) is 16.1 Å². The second kappa shape index (κ2) is 5.13. The number of rotatable bonds is 3. The average molecular weight is 263 g/mol. The summed E-state index contributed by atoms with van der Waals surface area (Å²) in [5.74, 6) is 0.173. The van der Waals surface area contributed by atoms with Gasteiger partial charge in [-0.1, -0.05) is 36.4 Å². The standard InChI is InChI=1S/C17H13NO2/c19-14-8-5-12(6-9-14)11-17(20)16-10-7-13-3-1-2-4-15(13)18-16/h1-10,19H,11H2. The van der Waals surface area contributed by atoms with E-state index in [1.165, 1.54) is 0 Å². The minimum absolute atomic E-state index is 0.0264. The van der Waals surface area contributed by atoms with E-state index < -0.39 is 0 Å². The number of hydrogen-bond donors (Lipinski definition) is 1. The lowest BCUT2D eigenvalue weighted by atomic mass is 10.1. The highest BCUT2D eigenvalue weighted by Crippen LogP contribution is 2.15. The number of aromatic hydroxyl groups is 1. The fraction of sp³-hybridized carbons (Fsp3) is 0.0588. The van der Waals surface area contributed by atoms with E-state index >= 15 is 0 Å². The zero-order valence-corrected chi connectivity index (χ0v) is 10.8. The Morgan fingerprint density at radius 2 is 1.70 bits per heavy atom. The second-order valence-corrected chi connectivity index (χ2v) is 4.66. The van der Waals surface area contributed by atoms with Crippen molar-refractivity contribution in [3.8, 4) is 5.75 Å². The van der Waals surface area contributed by atoms with Gasteiger partial charge in [0.15, 0.2) is 5.78 Å². The number of fused-ring (bicyclic) bond motifs is 1. The maximum absolute atomic E-state index is 12.2. The molecule has 0 aliphatic rings. The number of carbonyl (C=O) groups is 1. The summed E-state index contributed by atoms with van der Waals surface area (Å²) in [7, 11) is 0. The van der Waals surface area contributed by atoms with Crippen LogP contribution in [-0.4, -0.2) is 15.9 Å². The van der Waals surface area contributed by atoms with Gasteiger partial charge in [-0.05, 0) is 29.8 Å². The van der Waals surface area contributed by atoms with E-state index in [9.17, 15) is 9.90 Å². The van der Waals surface area contributed by atoms with Gasteiger partial charge in [-0.2, -0.15) is 0 Å². The topological polar surface area (TPSA) is 50.2 Å². The SMILES string of the molecule is O=C(Cc1ccc(O)cc1)c1ccc2ccccc2n1. The number of hydrogen-bond acceptors (Lipinski definition) is 3. The van der Waals surface area contributed by atoms with Crippen LogP contribution in [0.3, 0.4) is 0 Å². The zero-order chi connectivity index (χ0) is 13.9. The van der Waals surface area contributed by atoms with E-state index in [0.29, 0.717) is 5.69 Å². The molecule has 1 N–H and O–H groups in total. The molecular weight excluding hydrogens is 250 g/mol. The zero-order valence-electron chi connectivity index (χ0n) is 10.8. The van der Waals surface area contributed by atoms with E-state index in [1.807, 2.05) is 30.3 Å². The molecule has 0 unspecified atom stereocenters. The molecule has 0 aliphatic carbocycles. The first kappa shape index (κ1) is 12.4. The van der Waals surface area contributed by atoms with Crippen molar-refractivity contribution >= 4 is 16.7 Å². The summed E-state index contributed by atoms with van der Waals surface area (Å²) in [4.78, 5) is 16.6. The second-order valence-electron chi connectivity index (χ2n) is 4.66. The highest BCUT2D eigenvalue weighted by atomic mass is 16.3. The van der Waals surface area contributed by atoms with E-state index in [-0.39, 0.29) is 18.0 Å². The Bertz CT molecular complexity index is 763. The van der Waals surface area contributed by atoms with E-state index in [1.54, 1.807) is 30.3 Å². The van der Waals surface area contributed by atoms with Gasteiger partial charge >= 0.3 is 0 Å². The first-order valence-corrected chi connectivity index (χ1v) is 6.39. The number of aromatic nitrogens is 1. The Labute approximate surface area is 116 Å². The van der Waals surface area contributed by atoms with Crippen LogP contribution in [0.15, 0.2) is 60.7 Å². The van der Waals surface area contributed by atoms with Crippen LogP contribution in [0.5, 0.6) is 5.75 Å². The van der Waals surface area contributed by atoms with Crippen LogP contribution >= 0.6 is 0 Å². The minimum atomic E-state index is -0.0264. The Kier molecular flexibility index (Phi) is 3.17.